The molecule has 1 N–H and O–H groups in total. The molecule has 0 radical (unpaired) electrons. The van der Waals surface area contributed by atoms with Gasteiger partial charge in [-0.2, -0.15) is 0 Å². The second kappa shape index (κ2) is 5.65. The Bertz CT molecular complexity index is 565. The summed E-state index contributed by atoms with van der Waals surface area (Å²) < 4.78 is 0. The number of benzene rings is 1. The van der Waals surface area contributed by atoms with Gasteiger partial charge in [-0.3, -0.25) is 0 Å². The first-order valence-corrected chi connectivity index (χ1v) is 8.50. The molecular formula is C15H18N2S2. The number of aryl methyl sites for hydroxylation is 1. The third kappa shape index (κ3) is 2.86. The van der Waals surface area contributed by atoms with Gasteiger partial charge in [-0.1, -0.05) is 18.2 Å². The van der Waals surface area contributed by atoms with Crippen molar-refractivity contribution >= 4 is 23.1 Å². The smallest absolute Gasteiger partial charge is 0.0898 e. The van der Waals surface area contributed by atoms with E-state index in [4.69, 9.17) is 0 Å². The number of hydrogen-bond acceptors (Lipinski definition) is 4. The van der Waals surface area contributed by atoms with Crippen LogP contribution in [0.1, 0.15) is 41.7 Å². The van der Waals surface area contributed by atoms with Gasteiger partial charge in [0.25, 0.3) is 0 Å². The Morgan fingerprint density at radius 1 is 1.37 bits per heavy atom. The van der Waals surface area contributed by atoms with Gasteiger partial charge >= 0.3 is 0 Å². The lowest BCUT2D eigenvalue weighted by Crippen LogP contribution is -2.27. The zero-order valence-electron chi connectivity index (χ0n) is 11.2. The van der Waals surface area contributed by atoms with Crippen LogP contribution in [0.15, 0.2) is 34.5 Å². The van der Waals surface area contributed by atoms with Crippen LogP contribution in [0.4, 0.5) is 0 Å². The van der Waals surface area contributed by atoms with Crippen molar-refractivity contribution in [1.82, 2.24) is 10.3 Å². The summed E-state index contributed by atoms with van der Waals surface area (Å²) in [5, 5.41) is 7.04. The number of hydrogen-bond donors (Lipinski definition) is 1. The van der Waals surface area contributed by atoms with Crippen molar-refractivity contribution < 1.29 is 0 Å². The third-order valence-electron chi connectivity index (χ3n) is 3.49. The molecule has 0 aliphatic carbocycles. The normalized spacial score (nSPS) is 20.0. The molecule has 1 aliphatic rings. The molecule has 2 atom stereocenters. The summed E-state index contributed by atoms with van der Waals surface area (Å²) in [5.74, 6) is 1.19. The fraction of sp³-hybridized carbons (Fsp3) is 0.400. The monoisotopic (exact) mass is 290 g/mol. The lowest BCUT2D eigenvalue weighted by Gasteiger charge is -2.28. The number of aromatic nitrogens is 1. The molecule has 4 heteroatoms. The quantitative estimate of drug-likeness (QED) is 0.910. The Labute approximate surface area is 122 Å². The van der Waals surface area contributed by atoms with Gasteiger partial charge in [0.1, 0.15) is 0 Å². The van der Waals surface area contributed by atoms with E-state index in [1.165, 1.54) is 28.3 Å². The Balaban J connectivity index is 1.77. The van der Waals surface area contributed by atoms with Gasteiger partial charge in [0.15, 0.2) is 0 Å². The second-order valence-corrected chi connectivity index (χ2v) is 7.11. The molecule has 2 aromatic rings. The summed E-state index contributed by atoms with van der Waals surface area (Å²) in [6, 6.07) is 9.50. The molecule has 3 rings (SSSR count). The van der Waals surface area contributed by atoms with Crippen LogP contribution >= 0.6 is 23.1 Å². The van der Waals surface area contributed by atoms with E-state index < -0.39 is 0 Å². The van der Waals surface area contributed by atoms with Gasteiger partial charge in [0, 0.05) is 22.4 Å². The number of nitrogens with one attached hydrogen (secondary N) is 1. The predicted octanol–water partition coefficient (Wildman–Crippen LogP) is 4.34. The topological polar surface area (TPSA) is 24.9 Å². The van der Waals surface area contributed by atoms with Crippen LogP contribution in [0.3, 0.4) is 0 Å². The number of fused-ring (bicyclic) bond motifs is 1. The molecule has 0 saturated heterocycles. The standard InChI is InChI=1S/C15H18N2S2/c1-10(14-9-19-11(2)17-14)16-13-7-8-18-15-6-4-3-5-12(13)15/h3-6,9-10,13,16H,7-8H2,1-2H3. The highest BCUT2D eigenvalue weighted by Crippen LogP contribution is 2.37. The summed E-state index contributed by atoms with van der Waals surface area (Å²) in [5.41, 5.74) is 2.61. The van der Waals surface area contributed by atoms with Crippen molar-refractivity contribution in [2.45, 2.75) is 37.2 Å². The van der Waals surface area contributed by atoms with E-state index in [9.17, 15) is 0 Å². The molecule has 2 nitrogen and oxygen atoms in total. The van der Waals surface area contributed by atoms with Crippen molar-refractivity contribution in [3.63, 3.8) is 0 Å². The van der Waals surface area contributed by atoms with Gasteiger partial charge in [-0.05, 0) is 37.7 Å². The Kier molecular flexibility index (Phi) is 3.91. The molecule has 1 aliphatic heterocycles. The van der Waals surface area contributed by atoms with Crippen LogP contribution in [0.25, 0.3) is 0 Å². The summed E-state index contributed by atoms with van der Waals surface area (Å²) in [4.78, 5) is 6.01. The van der Waals surface area contributed by atoms with E-state index in [0.29, 0.717) is 12.1 Å². The number of thiazole rings is 1. The summed E-state index contributed by atoms with van der Waals surface area (Å²) in [6.07, 6.45) is 1.19. The average molecular weight is 290 g/mol. The molecule has 2 heterocycles. The van der Waals surface area contributed by atoms with Crippen molar-refractivity contribution in [3.8, 4) is 0 Å². The van der Waals surface area contributed by atoms with Crippen LogP contribution in [0.2, 0.25) is 0 Å². The molecule has 2 unspecified atom stereocenters. The van der Waals surface area contributed by atoms with E-state index in [-0.39, 0.29) is 0 Å². The first kappa shape index (κ1) is 13.2. The highest BCUT2D eigenvalue weighted by atomic mass is 32.2. The molecule has 100 valence electrons. The zero-order valence-corrected chi connectivity index (χ0v) is 12.9. The molecule has 0 fully saturated rings. The van der Waals surface area contributed by atoms with Gasteiger partial charge in [-0.25, -0.2) is 4.98 Å². The van der Waals surface area contributed by atoms with Crippen molar-refractivity contribution in [1.29, 1.82) is 0 Å². The first-order valence-electron chi connectivity index (χ1n) is 6.64. The van der Waals surface area contributed by atoms with Crippen LogP contribution in [-0.2, 0) is 0 Å². The summed E-state index contributed by atoms with van der Waals surface area (Å²) in [7, 11) is 0. The van der Waals surface area contributed by atoms with E-state index >= 15 is 0 Å². The van der Waals surface area contributed by atoms with Gasteiger partial charge in [-0.15, -0.1) is 23.1 Å². The zero-order chi connectivity index (χ0) is 13.2. The molecule has 19 heavy (non-hydrogen) atoms. The maximum Gasteiger partial charge on any atom is 0.0898 e. The van der Waals surface area contributed by atoms with Crippen LogP contribution in [0.5, 0.6) is 0 Å². The SMILES string of the molecule is Cc1nc(C(C)NC2CCSc3ccccc32)cs1. The molecule has 0 saturated carbocycles. The second-order valence-electron chi connectivity index (χ2n) is 4.91. The minimum absolute atomic E-state index is 0.311. The molecular weight excluding hydrogens is 272 g/mol. The molecule has 0 bridgehead atoms. The lowest BCUT2D eigenvalue weighted by atomic mass is 10.0. The van der Waals surface area contributed by atoms with Crippen LogP contribution < -0.4 is 5.32 Å². The first-order chi connectivity index (χ1) is 9.24. The molecule has 1 aromatic carbocycles. The van der Waals surface area contributed by atoms with E-state index in [1.54, 1.807) is 11.3 Å². The highest BCUT2D eigenvalue weighted by Gasteiger charge is 2.22. The van der Waals surface area contributed by atoms with Gasteiger partial charge in [0.2, 0.25) is 0 Å². The van der Waals surface area contributed by atoms with Crippen molar-refractivity contribution in [3.05, 3.63) is 45.9 Å². The average Bonchev–Trinajstić information content (AvgIpc) is 2.86. The van der Waals surface area contributed by atoms with Gasteiger partial charge < -0.3 is 5.32 Å². The number of rotatable bonds is 3. The summed E-state index contributed by atoms with van der Waals surface area (Å²) >= 11 is 3.69. The molecule has 0 spiro atoms. The lowest BCUT2D eigenvalue weighted by molar-refractivity contribution is 0.445. The van der Waals surface area contributed by atoms with Crippen LogP contribution in [-0.4, -0.2) is 10.7 Å². The van der Waals surface area contributed by atoms with Crippen molar-refractivity contribution in [2.24, 2.45) is 0 Å². The largest absolute Gasteiger partial charge is 0.302 e. The maximum atomic E-state index is 4.58. The minimum Gasteiger partial charge on any atom is -0.302 e. The van der Waals surface area contributed by atoms with E-state index in [2.05, 4.69) is 53.8 Å². The fourth-order valence-electron chi connectivity index (χ4n) is 2.48. The predicted molar refractivity (Wildman–Crippen MR) is 82.9 cm³/mol. The van der Waals surface area contributed by atoms with Crippen molar-refractivity contribution in [2.75, 3.05) is 5.75 Å². The Hall–Kier alpha value is -0.840. The van der Waals surface area contributed by atoms with E-state index in [0.717, 1.165) is 5.01 Å². The molecule has 0 amide bonds. The minimum atomic E-state index is 0.311. The molecule has 1 aromatic heterocycles. The van der Waals surface area contributed by atoms with Crippen LogP contribution in [0, 0.1) is 6.92 Å². The maximum absolute atomic E-state index is 4.58. The number of nitrogens with zero attached hydrogens (tertiary/aromatic N) is 1. The Morgan fingerprint density at radius 3 is 3.00 bits per heavy atom. The third-order valence-corrected chi connectivity index (χ3v) is 5.40. The number of thioether (sulfide) groups is 1. The summed E-state index contributed by atoms with van der Waals surface area (Å²) in [6.45, 7) is 4.27. The van der Waals surface area contributed by atoms with E-state index in [1.807, 2.05) is 11.8 Å². The van der Waals surface area contributed by atoms with Gasteiger partial charge in [0.05, 0.1) is 10.7 Å². The fourth-order valence-corrected chi connectivity index (χ4v) is 4.31. The Morgan fingerprint density at radius 2 is 2.21 bits per heavy atom. The highest BCUT2D eigenvalue weighted by molar-refractivity contribution is 7.99.